The van der Waals surface area contributed by atoms with Gasteiger partial charge in [-0.15, -0.1) is 5.10 Å². The summed E-state index contributed by atoms with van der Waals surface area (Å²) in [5, 5.41) is 11.7. The predicted molar refractivity (Wildman–Crippen MR) is 60.0 cm³/mol. The van der Waals surface area contributed by atoms with E-state index in [9.17, 15) is 0 Å². The Balaban J connectivity index is 2.11. The largest absolute Gasteiger partial charge is 0.339 e. The summed E-state index contributed by atoms with van der Waals surface area (Å²) < 4.78 is 6.83. The lowest BCUT2D eigenvalue weighted by molar-refractivity contribution is 0.317. The highest BCUT2D eigenvalue weighted by Gasteiger charge is 2.21. The number of hydrogen-bond donors (Lipinski definition) is 1. The van der Waals surface area contributed by atoms with Crippen molar-refractivity contribution in [3.63, 3.8) is 0 Å². The van der Waals surface area contributed by atoms with Crippen LogP contribution >= 0.6 is 0 Å². The molecule has 0 bridgehead atoms. The highest BCUT2D eigenvalue weighted by Crippen LogP contribution is 2.19. The zero-order valence-electron chi connectivity index (χ0n) is 10.2. The summed E-state index contributed by atoms with van der Waals surface area (Å²) in [4.78, 5) is 4.31. The van der Waals surface area contributed by atoms with Crippen LogP contribution in [0.3, 0.4) is 0 Å². The standard InChI is InChI=1S/C10H16N6O/c1-10(2,3)9-12-8(14-17-9)6-16-5-7(4-11)13-15-16/h5H,4,6,11H2,1-3H3. The number of nitrogens with two attached hydrogens (primary N) is 1. The van der Waals surface area contributed by atoms with Gasteiger partial charge in [0.15, 0.2) is 5.82 Å². The lowest BCUT2D eigenvalue weighted by Gasteiger charge is -2.10. The van der Waals surface area contributed by atoms with E-state index in [1.54, 1.807) is 10.9 Å². The topological polar surface area (TPSA) is 95.7 Å². The summed E-state index contributed by atoms with van der Waals surface area (Å²) in [6.45, 7) is 6.87. The van der Waals surface area contributed by atoms with Gasteiger partial charge in [0, 0.05) is 12.0 Å². The average molecular weight is 236 g/mol. The van der Waals surface area contributed by atoms with Crippen LogP contribution in [0.1, 0.15) is 38.2 Å². The van der Waals surface area contributed by atoms with Crippen molar-refractivity contribution in [3.05, 3.63) is 23.6 Å². The molecular formula is C10H16N6O. The molecule has 0 aromatic carbocycles. The van der Waals surface area contributed by atoms with Gasteiger partial charge in [0.2, 0.25) is 5.89 Å². The maximum absolute atomic E-state index is 5.45. The first-order valence-electron chi connectivity index (χ1n) is 5.41. The van der Waals surface area contributed by atoms with Crippen LogP contribution in [0.4, 0.5) is 0 Å². The summed E-state index contributed by atoms with van der Waals surface area (Å²) in [6.07, 6.45) is 1.77. The first kappa shape index (κ1) is 11.7. The van der Waals surface area contributed by atoms with Gasteiger partial charge in [-0.3, -0.25) is 0 Å². The number of aromatic nitrogens is 5. The van der Waals surface area contributed by atoms with Crippen molar-refractivity contribution in [2.75, 3.05) is 0 Å². The Morgan fingerprint density at radius 2 is 2.18 bits per heavy atom. The van der Waals surface area contributed by atoms with Crippen LogP contribution < -0.4 is 5.73 Å². The summed E-state index contributed by atoms with van der Waals surface area (Å²) in [6, 6.07) is 0. The second-order valence-corrected chi connectivity index (χ2v) is 4.88. The summed E-state index contributed by atoms with van der Waals surface area (Å²) in [7, 11) is 0. The Hall–Kier alpha value is -1.76. The van der Waals surface area contributed by atoms with Gasteiger partial charge in [0.1, 0.15) is 6.54 Å². The lowest BCUT2D eigenvalue weighted by atomic mass is 9.97. The van der Waals surface area contributed by atoms with Crippen LogP contribution in [0, 0.1) is 0 Å². The van der Waals surface area contributed by atoms with Gasteiger partial charge in [0.25, 0.3) is 0 Å². The lowest BCUT2D eigenvalue weighted by Crippen LogP contribution is -2.12. The highest BCUT2D eigenvalue weighted by atomic mass is 16.5. The minimum absolute atomic E-state index is 0.143. The molecule has 0 aliphatic rings. The number of rotatable bonds is 3. The molecule has 0 spiro atoms. The molecule has 2 rings (SSSR count). The van der Waals surface area contributed by atoms with Crippen molar-refractivity contribution >= 4 is 0 Å². The van der Waals surface area contributed by atoms with Gasteiger partial charge in [-0.05, 0) is 0 Å². The van der Waals surface area contributed by atoms with Crippen LogP contribution in [0.2, 0.25) is 0 Å². The van der Waals surface area contributed by atoms with E-state index in [2.05, 4.69) is 20.5 Å². The van der Waals surface area contributed by atoms with E-state index in [0.717, 1.165) is 5.69 Å². The minimum Gasteiger partial charge on any atom is -0.339 e. The molecule has 2 aromatic rings. The van der Waals surface area contributed by atoms with Gasteiger partial charge in [-0.25, -0.2) is 4.68 Å². The third kappa shape index (κ3) is 2.68. The normalized spacial score (nSPS) is 12.0. The molecule has 0 aliphatic carbocycles. The summed E-state index contributed by atoms with van der Waals surface area (Å²) in [5.74, 6) is 1.20. The molecule has 0 saturated heterocycles. The van der Waals surface area contributed by atoms with Gasteiger partial charge in [-0.2, -0.15) is 4.98 Å². The average Bonchev–Trinajstić information content (AvgIpc) is 2.86. The molecule has 0 amide bonds. The van der Waals surface area contributed by atoms with E-state index in [1.807, 2.05) is 20.8 Å². The van der Waals surface area contributed by atoms with Crippen molar-refractivity contribution in [1.82, 2.24) is 25.1 Å². The Morgan fingerprint density at radius 1 is 1.41 bits per heavy atom. The molecular weight excluding hydrogens is 220 g/mol. The summed E-state index contributed by atoms with van der Waals surface area (Å²) >= 11 is 0. The SMILES string of the molecule is CC(C)(C)c1nc(Cn2cc(CN)nn2)no1. The molecule has 0 aliphatic heterocycles. The zero-order chi connectivity index (χ0) is 12.5. The van der Waals surface area contributed by atoms with Crippen molar-refractivity contribution in [2.45, 2.75) is 39.3 Å². The molecule has 2 N–H and O–H groups in total. The van der Waals surface area contributed by atoms with Gasteiger partial charge in [0.05, 0.1) is 11.9 Å². The van der Waals surface area contributed by atoms with E-state index < -0.39 is 0 Å². The molecule has 2 aromatic heterocycles. The van der Waals surface area contributed by atoms with Crippen LogP contribution in [-0.2, 0) is 18.5 Å². The van der Waals surface area contributed by atoms with Crippen molar-refractivity contribution in [1.29, 1.82) is 0 Å². The van der Waals surface area contributed by atoms with E-state index in [0.29, 0.717) is 24.8 Å². The van der Waals surface area contributed by atoms with Crippen molar-refractivity contribution in [2.24, 2.45) is 5.73 Å². The quantitative estimate of drug-likeness (QED) is 0.832. The molecule has 92 valence electrons. The van der Waals surface area contributed by atoms with Crippen LogP contribution in [0.5, 0.6) is 0 Å². The van der Waals surface area contributed by atoms with E-state index in [4.69, 9.17) is 10.3 Å². The van der Waals surface area contributed by atoms with Gasteiger partial charge in [-0.1, -0.05) is 31.1 Å². The Bertz CT molecular complexity index is 495. The Morgan fingerprint density at radius 3 is 2.71 bits per heavy atom. The van der Waals surface area contributed by atoms with Crippen LogP contribution in [0.25, 0.3) is 0 Å². The number of nitrogens with zero attached hydrogens (tertiary/aromatic N) is 5. The van der Waals surface area contributed by atoms with Crippen LogP contribution in [0.15, 0.2) is 10.7 Å². The molecule has 0 atom stereocenters. The highest BCUT2D eigenvalue weighted by molar-refractivity contribution is 4.99. The van der Waals surface area contributed by atoms with Crippen molar-refractivity contribution in [3.8, 4) is 0 Å². The predicted octanol–water partition coefficient (Wildman–Crippen LogP) is 0.466. The minimum atomic E-state index is -0.143. The second-order valence-electron chi connectivity index (χ2n) is 4.88. The summed E-state index contributed by atoms with van der Waals surface area (Å²) in [5.41, 5.74) is 6.05. The first-order valence-corrected chi connectivity index (χ1v) is 5.41. The molecule has 7 nitrogen and oxygen atoms in total. The van der Waals surface area contributed by atoms with Crippen LogP contribution in [-0.4, -0.2) is 25.1 Å². The molecule has 0 saturated carbocycles. The third-order valence-corrected chi connectivity index (χ3v) is 2.21. The van der Waals surface area contributed by atoms with Gasteiger partial charge < -0.3 is 10.3 Å². The maximum atomic E-state index is 5.45. The smallest absolute Gasteiger partial charge is 0.232 e. The monoisotopic (exact) mass is 236 g/mol. The van der Waals surface area contributed by atoms with Crippen molar-refractivity contribution < 1.29 is 4.52 Å². The molecule has 0 radical (unpaired) electrons. The molecule has 0 fully saturated rings. The van der Waals surface area contributed by atoms with E-state index in [1.165, 1.54) is 0 Å². The fourth-order valence-electron chi connectivity index (χ4n) is 1.28. The van der Waals surface area contributed by atoms with E-state index in [-0.39, 0.29) is 5.41 Å². The third-order valence-electron chi connectivity index (χ3n) is 2.21. The molecule has 2 heterocycles. The Kier molecular flexibility index (Phi) is 2.93. The molecule has 17 heavy (non-hydrogen) atoms. The molecule has 0 unspecified atom stereocenters. The van der Waals surface area contributed by atoms with Gasteiger partial charge >= 0.3 is 0 Å². The van der Waals surface area contributed by atoms with E-state index >= 15 is 0 Å². The Labute approximate surface area is 99.0 Å². The fraction of sp³-hybridized carbons (Fsp3) is 0.600. The maximum Gasteiger partial charge on any atom is 0.232 e. The first-order chi connectivity index (χ1) is 7.99. The fourth-order valence-corrected chi connectivity index (χ4v) is 1.28. The number of hydrogen-bond acceptors (Lipinski definition) is 6. The second kappa shape index (κ2) is 4.25. The molecule has 7 heteroatoms. The zero-order valence-corrected chi connectivity index (χ0v) is 10.2.